The van der Waals surface area contributed by atoms with Gasteiger partial charge in [0.05, 0.1) is 22.7 Å². The van der Waals surface area contributed by atoms with Crippen molar-refractivity contribution in [2.75, 3.05) is 42.2 Å². The van der Waals surface area contributed by atoms with Gasteiger partial charge in [0.2, 0.25) is 11.8 Å². The molecular formula is C55H66N6O2. The lowest BCUT2D eigenvalue weighted by Gasteiger charge is -2.71. The summed E-state index contributed by atoms with van der Waals surface area (Å²) >= 11 is 0. The fraction of sp³-hybridized carbons (Fsp3) is 0.455. The molecule has 0 aromatic heterocycles. The molecule has 4 atom stereocenters. The summed E-state index contributed by atoms with van der Waals surface area (Å²) in [6.07, 6.45) is 22.9. The first kappa shape index (κ1) is 41.8. The van der Waals surface area contributed by atoms with Crippen molar-refractivity contribution in [2.24, 2.45) is 51.8 Å². The van der Waals surface area contributed by atoms with E-state index in [2.05, 4.69) is 76.4 Å². The molecule has 0 heterocycles. The highest BCUT2D eigenvalue weighted by atomic mass is 16.2. The molecule has 0 aliphatic heterocycles. The van der Waals surface area contributed by atoms with Crippen molar-refractivity contribution in [3.05, 3.63) is 131 Å². The molecular weight excluding hydrogens is 777 g/mol. The third-order valence-electron chi connectivity index (χ3n) is 16.5. The predicted molar refractivity (Wildman–Crippen MR) is 257 cm³/mol. The summed E-state index contributed by atoms with van der Waals surface area (Å²) in [5.74, 6) is 5.12. The monoisotopic (exact) mass is 843 g/mol. The molecule has 8 bridgehead atoms. The number of nitrogen functional groups attached to an aromatic ring is 2. The van der Waals surface area contributed by atoms with Gasteiger partial charge in [0.1, 0.15) is 0 Å². The maximum atomic E-state index is 12.5. The highest BCUT2D eigenvalue weighted by molar-refractivity contribution is 6.04. The molecule has 328 valence electrons. The maximum Gasteiger partial charge on any atom is 0.248 e. The van der Waals surface area contributed by atoms with E-state index in [9.17, 15) is 9.59 Å². The van der Waals surface area contributed by atoms with Crippen molar-refractivity contribution in [3.8, 4) is 0 Å². The molecule has 4 aromatic rings. The van der Waals surface area contributed by atoms with Crippen molar-refractivity contribution in [3.63, 3.8) is 0 Å². The summed E-state index contributed by atoms with van der Waals surface area (Å²) in [6.45, 7) is 4.19. The van der Waals surface area contributed by atoms with Crippen molar-refractivity contribution in [1.82, 2.24) is 10.2 Å². The fourth-order valence-electron chi connectivity index (χ4n) is 15.3. The molecule has 7 N–H and O–H groups in total. The molecule has 8 aliphatic rings. The molecule has 4 aromatic carbocycles. The van der Waals surface area contributed by atoms with Crippen LogP contribution in [0.1, 0.15) is 92.9 Å². The third-order valence-corrected chi connectivity index (χ3v) is 16.5. The van der Waals surface area contributed by atoms with Crippen LogP contribution in [0.2, 0.25) is 0 Å². The number of carbonyl (C=O) groups excluding carboxylic acids is 2. The number of para-hydroxylation sites is 4. The van der Waals surface area contributed by atoms with E-state index in [0.717, 1.165) is 66.3 Å². The average molecular weight is 843 g/mol. The Balaban J connectivity index is 0.729. The van der Waals surface area contributed by atoms with E-state index in [-0.39, 0.29) is 11.8 Å². The molecule has 8 fully saturated rings. The quantitative estimate of drug-likeness (QED) is 0.0600. The standard InChI is InChI=1S/C55H66N6O2/c1-61(33-40-16-12-38(13-17-40)19-21-51(63)60-49-9-5-3-7-47(49)57)36-53-25-41-23-44(30-53)52(45(24-41)31-53)55-28-42-22-43(29-55)27-54(26-42,34-55)35-58-32-39-14-10-37(11-15-39)18-20-50(62)59-48-8-4-2-6-46(48)56/h2-21,41-45,52,58H,22-36,56-57H2,1H3,(H,59,62)(H,60,63)/b20-18+,21-19+. The van der Waals surface area contributed by atoms with Crippen LogP contribution in [0.25, 0.3) is 12.2 Å². The van der Waals surface area contributed by atoms with Gasteiger partial charge in [-0.1, -0.05) is 72.8 Å². The van der Waals surface area contributed by atoms with Gasteiger partial charge in [-0.05, 0) is 188 Å². The molecule has 0 radical (unpaired) electrons. The highest BCUT2D eigenvalue weighted by Crippen LogP contribution is 2.74. The molecule has 8 heteroatoms. The SMILES string of the molecule is CN(Cc1ccc(/C=C/C(=O)Nc2ccccc2N)cc1)CC12CC3CC(C1)C(C14CC5CC(CC(CNCc6ccc(/C=C/C(=O)Nc7ccccc7N)cc6)(C5)C1)C4)C(C3)C2. The van der Waals surface area contributed by atoms with E-state index < -0.39 is 0 Å². The lowest BCUT2D eigenvalue weighted by atomic mass is 9.35. The Labute approximate surface area is 374 Å². The Morgan fingerprint density at radius 3 is 1.71 bits per heavy atom. The molecule has 8 nitrogen and oxygen atoms in total. The Bertz CT molecular complexity index is 2340. The van der Waals surface area contributed by atoms with Gasteiger partial charge in [-0.2, -0.15) is 0 Å². The number of hydrogen-bond acceptors (Lipinski definition) is 6. The van der Waals surface area contributed by atoms with Crippen LogP contribution in [0, 0.1) is 51.8 Å². The summed E-state index contributed by atoms with van der Waals surface area (Å²) in [6, 6.07) is 32.0. The number of hydrogen-bond donors (Lipinski definition) is 5. The number of carbonyl (C=O) groups is 2. The molecule has 2 amide bonds. The Hall–Kier alpha value is -5.18. The van der Waals surface area contributed by atoms with Gasteiger partial charge < -0.3 is 32.3 Å². The van der Waals surface area contributed by atoms with Gasteiger partial charge in [-0.25, -0.2) is 0 Å². The highest BCUT2D eigenvalue weighted by Gasteiger charge is 2.66. The number of benzene rings is 4. The number of rotatable bonds is 15. The topological polar surface area (TPSA) is 126 Å². The zero-order valence-corrected chi connectivity index (χ0v) is 37.0. The van der Waals surface area contributed by atoms with E-state index in [1.165, 1.54) is 88.3 Å². The Kier molecular flexibility index (Phi) is 11.3. The zero-order valence-electron chi connectivity index (χ0n) is 37.0. The number of amides is 2. The maximum absolute atomic E-state index is 12.5. The van der Waals surface area contributed by atoms with Crippen molar-refractivity contribution in [2.45, 2.75) is 83.7 Å². The number of nitrogens with zero attached hydrogens (tertiary/aromatic N) is 1. The van der Waals surface area contributed by atoms with Crippen LogP contribution in [0.15, 0.2) is 109 Å². The Morgan fingerprint density at radius 2 is 1.16 bits per heavy atom. The van der Waals surface area contributed by atoms with Crippen molar-refractivity contribution >= 4 is 46.7 Å². The van der Waals surface area contributed by atoms with E-state index in [1.807, 2.05) is 48.6 Å². The molecule has 12 rings (SSSR count). The normalized spacial score (nSPS) is 31.3. The molecule has 8 aliphatic carbocycles. The second kappa shape index (κ2) is 17.1. The number of nitrogens with two attached hydrogens (primary N) is 2. The van der Waals surface area contributed by atoms with Crippen LogP contribution < -0.4 is 27.4 Å². The fourth-order valence-corrected chi connectivity index (χ4v) is 15.3. The molecule has 63 heavy (non-hydrogen) atoms. The van der Waals surface area contributed by atoms with Crippen LogP contribution in [0.4, 0.5) is 22.7 Å². The largest absolute Gasteiger partial charge is 0.397 e. The van der Waals surface area contributed by atoms with E-state index in [4.69, 9.17) is 11.5 Å². The minimum Gasteiger partial charge on any atom is -0.397 e. The summed E-state index contributed by atoms with van der Waals surface area (Å²) in [5, 5.41) is 9.73. The predicted octanol–water partition coefficient (Wildman–Crippen LogP) is 10.4. The van der Waals surface area contributed by atoms with Gasteiger partial charge in [0.25, 0.3) is 0 Å². The molecule has 0 spiro atoms. The second-order valence-corrected chi connectivity index (χ2v) is 21.4. The van der Waals surface area contributed by atoms with Crippen LogP contribution in [0.3, 0.4) is 0 Å². The Morgan fingerprint density at radius 1 is 0.635 bits per heavy atom. The van der Waals surface area contributed by atoms with Crippen LogP contribution in [-0.2, 0) is 22.7 Å². The minimum atomic E-state index is -0.187. The summed E-state index contributed by atoms with van der Waals surface area (Å²) in [4.78, 5) is 27.6. The van der Waals surface area contributed by atoms with Crippen LogP contribution >= 0.6 is 0 Å². The van der Waals surface area contributed by atoms with Gasteiger partial charge in [-0.3, -0.25) is 9.59 Å². The van der Waals surface area contributed by atoms with Gasteiger partial charge >= 0.3 is 0 Å². The lowest BCUT2D eigenvalue weighted by molar-refractivity contribution is -0.207. The van der Waals surface area contributed by atoms with Gasteiger partial charge in [0, 0.05) is 38.3 Å². The van der Waals surface area contributed by atoms with E-state index in [0.29, 0.717) is 39.0 Å². The van der Waals surface area contributed by atoms with Crippen LogP contribution in [0.5, 0.6) is 0 Å². The summed E-state index contributed by atoms with van der Waals surface area (Å²) < 4.78 is 0. The van der Waals surface area contributed by atoms with Crippen LogP contribution in [-0.4, -0.2) is 36.9 Å². The number of anilines is 4. The third kappa shape index (κ3) is 8.99. The second-order valence-electron chi connectivity index (χ2n) is 21.4. The van der Waals surface area contributed by atoms with Crippen molar-refractivity contribution < 1.29 is 9.59 Å². The van der Waals surface area contributed by atoms with Gasteiger partial charge in [0.15, 0.2) is 0 Å². The molecule has 8 saturated carbocycles. The average Bonchev–Trinajstić information content (AvgIpc) is 3.23. The lowest BCUT2D eigenvalue weighted by Crippen LogP contribution is -2.63. The first-order valence-corrected chi connectivity index (χ1v) is 23.7. The minimum absolute atomic E-state index is 0.185. The molecule has 4 unspecified atom stereocenters. The smallest absolute Gasteiger partial charge is 0.248 e. The summed E-state index contributed by atoms with van der Waals surface area (Å²) in [5.41, 5.74) is 20.5. The van der Waals surface area contributed by atoms with Crippen molar-refractivity contribution in [1.29, 1.82) is 0 Å². The summed E-state index contributed by atoms with van der Waals surface area (Å²) in [7, 11) is 2.34. The first-order chi connectivity index (χ1) is 30.5. The van der Waals surface area contributed by atoms with E-state index in [1.54, 1.807) is 24.3 Å². The van der Waals surface area contributed by atoms with E-state index >= 15 is 0 Å². The number of nitrogens with one attached hydrogen (secondary N) is 3. The van der Waals surface area contributed by atoms with Gasteiger partial charge in [-0.15, -0.1) is 0 Å². The first-order valence-electron chi connectivity index (χ1n) is 23.7. The molecule has 0 saturated heterocycles. The zero-order chi connectivity index (χ0) is 43.2.